The molecule has 0 aliphatic carbocycles. The van der Waals surface area contributed by atoms with E-state index in [1.54, 1.807) is 6.92 Å². The van der Waals surface area contributed by atoms with Crippen molar-refractivity contribution in [2.45, 2.75) is 66.2 Å². The van der Waals surface area contributed by atoms with E-state index in [2.05, 4.69) is 5.32 Å². The maximum atomic E-state index is 12.1. The number of nitrogens with two attached hydrogens (primary N) is 1. The smallest absolute Gasteiger partial charge is 0.323 e. The summed E-state index contributed by atoms with van der Waals surface area (Å²) in [4.78, 5) is 23.8. The average molecular weight is 316 g/mol. The molecule has 0 aliphatic heterocycles. The molecule has 0 bridgehead atoms. The molecule has 22 heavy (non-hydrogen) atoms. The topological polar surface area (TPSA) is 90.6 Å². The normalized spacial score (nSPS) is 15.5. The Morgan fingerprint density at radius 1 is 1.09 bits per heavy atom. The van der Waals surface area contributed by atoms with Gasteiger partial charge in [-0.1, -0.05) is 27.2 Å². The highest BCUT2D eigenvalue weighted by Gasteiger charge is 2.28. The van der Waals surface area contributed by atoms with Crippen LogP contribution < -0.4 is 11.1 Å². The maximum Gasteiger partial charge on any atom is 0.323 e. The molecule has 0 aromatic heterocycles. The van der Waals surface area contributed by atoms with E-state index in [1.807, 2.05) is 34.6 Å². The molecule has 0 fully saturated rings. The van der Waals surface area contributed by atoms with Crippen molar-refractivity contribution in [1.29, 1.82) is 0 Å². The molecular formula is C16H32N2O4. The summed E-state index contributed by atoms with van der Waals surface area (Å²) in [5.74, 6) is -0.679. The Morgan fingerprint density at radius 2 is 1.68 bits per heavy atom. The van der Waals surface area contributed by atoms with E-state index in [9.17, 15) is 9.59 Å². The summed E-state index contributed by atoms with van der Waals surface area (Å²) in [5.41, 5.74) is 5.95. The van der Waals surface area contributed by atoms with Crippen LogP contribution in [0.3, 0.4) is 0 Å². The monoisotopic (exact) mass is 316 g/mol. The fourth-order valence-corrected chi connectivity index (χ4v) is 2.13. The molecule has 3 N–H and O–H groups in total. The van der Waals surface area contributed by atoms with E-state index in [0.29, 0.717) is 13.2 Å². The molecule has 0 rings (SSSR count). The van der Waals surface area contributed by atoms with Gasteiger partial charge < -0.3 is 20.5 Å². The second-order valence-electron chi connectivity index (χ2n) is 6.06. The molecule has 3 atom stereocenters. The van der Waals surface area contributed by atoms with Crippen molar-refractivity contribution in [3.05, 3.63) is 0 Å². The summed E-state index contributed by atoms with van der Waals surface area (Å²) in [6.07, 6.45) is 0.566. The van der Waals surface area contributed by atoms with E-state index in [-0.39, 0.29) is 23.9 Å². The number of ether oxygens (including phenoxy) is 2. The van der Waals surface area contributed by atoms with Gasteiger partial charge in [0.25, 0.3) is 0 Å². The molecule has 0 saturated heterocycles. The first-order valence-electron chi connectivity index (χ1n) is 8.10. The molecule has 0 spiro atoms. The van der Waals surface area contributed by atoms with Crippen LogP contribution >= 0.6 is 0 Å². The minimum Gasteiger partial charge on any atom is -0.465 e. The van der Waals surface area contributed by atoms with Crippen molar-refractivity contribution in [3.8, 4) is 0 Å². The first-order valence-corrected chi connectivity index (χ1v) is 8.10. The largest absolute Gasteiger partial charge is 0.465 e. The second-order valence-corrected chi connectivity index (χ2v) is 6.06. The third kappa shape index (κ3) is 7.22. The van der Waals surface area contributed by atoms with Crippen molar-refractivity contribution in [3.63, 3.8) is 0 Å². The predicted molar refractivity (Wildman–Crippen MR) is 86.2 cm³/mol. The number of rotatable bonds is 10. The Morgan fingerprint density at radius 3 is 2.09 bits per heavy atom. The standard InChI is InChI=1S/C16H32N2O4/c1-7-12(13(17)15(19)21-8-2)9-18-14(10(3)4)16(20)22-11(5)6/h10-14,18H,7-9,17H2,1-6H3/t12?,13-,14-/m0/s1. The van der Waals surface area contributed by atoms with Crippen LogP contribution in [0.1, 0.15) is 48.0 Å². The van der Waals surface area contributed by atoms with Crippen LogP contribution in [0, 0.1) is 11.8 Å². The van der Waals surface area contributed by atoms with Crippen molar-refractivity contribution < 1.29 is 19.1 Å². The van der Waals surface area contributed by atoms with Gasteiger partial charge in [0, 0.05) is 6.54 Å². The second kappa shape index (κ2) is 10.6. The van der Waals surface area contributed by atoms with Crippen LogP contribution in [0.15, 0.2) is 0 Å². The van der Waals surface area contributed by atoms with Gasteiger partial charge >= 0.3 is 11.9 Å². The summed E-state index contributed by atoms with van der Waals surface area (Å²) in [6.45, 7) is 12.0. The lowest BCUT2D eigenvalue weighted by molar-refractivity contribution is -0.151. The lowest BCUT2D eigenvalue weighted by Gasteiger charge is -2.26. The number of hydrogen-bond acceptors (Lipinski definition) is 6. The minimum absolute atomic E-state index is 0.0857. The van der Waals surface area contributed by atoms with Gasteiger partial charge in [0.1, 0.15) is 12.1 Å². The van der Waals surface area contributed by atoms with Crippen LogP contribution in [0.25, 0.3) is 0 Å². The summed E-state index contributed by atoms with van der Waals surface area (Å²) < 4.78 is 10.2. The molecule has 130 valence electrons. The summed E-state index contributed by atoms with van der Waals surface area (Å²) in [5, 5.41) is 3.19. The van der Waals surface area contributed by atoms with E-state index >= 15 is 0 Å². The fraction of sp³-hybridized carbons (Fsp3) is 0.875. The Labute approximate surface area is 134 Å². The van der Waals surface area contributed by atoms with Gasteiger partial charge in [-0.2, -0.15) is 0 Å². The highest BCUT2D eigenvalue weighted by Crippen LogP contribution is 2.11. The molecule has 0 heterocycles. The van der Waals surface area contributed by atoms with Gasteiger partial charge in [0.2, 0.25) is 0 Å². The van der Waals surface area contributed by atoms with Crippen LogP contribution in [0.5, 0.6) is 0 Å². The minimum atomic E-state index is -0.689. The molecule has 0 amide bonds. The quantitative estimate of drug-likeness (QED) is 0.593. The Balaban J connectivity index is 4.66. The number of carbonyl (C=O) groups excluding carboxylic acids is 2. The van der Waals surface area contributed by atoms with Crippen molar-refractivity contribution >= 4 is 11.9 Å². The molecule has 0 saturated carbocycles. The molecule has 0 aromatic rings. The fourth-order valence-electron chi connectivity index (χ4n) is 2.13. The predicted octanol–water partition coefficient (Wildman–Crippen LogP) is 1.47. The Bertz CT molecular complexity index is 345. The number of nitrogens with one attached hydrogen (secondary N) is 1. The molecule has 0 aromatic carbocycles. The van der Waals surface area contributed by atoms with Gasteiger partial charge in [0.15, 0.2) is 0 Å². The average Bonchev–Trinajstić information content (AvgIpc) is 2.41. The van der Waals surface area contributed by atoms with Crippen LogP contribution in [-0.4, -0.2) is 43.3 Å². The molecule has 6 heteroatoms. The highest BCUT2D eigenvalue weighted by molar-refractivity contribution is 5.77. The third-order valence-corrected chi connectivity index (χ3v) is 3.46. The first-order chi connectivity index (χ1) is 10.2. The van der Waals surface area contributed by atoms with Gasteiger partial charge in [-0.05, 0) is 32.6 Å². The zero-order valence-corrected chi connectivity index (χ0v) is 14.7. The van der Waals surface area contributed by atoms with Crippen molar-refractivity contribution in [2.75, 3.05) is 13.2 Å². The maximum absolute atomic E-state index is 12.1. The van der Waals surface area contributed by atoms with Gasteiger partial charge in [-0.25, -0.2) is 0 Å². The zero-order chi connectivity index (χ0) is 17.3. The Kier molecular flexibility index (Phi) is 10.0. The van der Waals surface area contributed by atoms with E-state index < -0.39 is 18.1 Å². The molecule has 1 unspecified atom stereocenters. The van der Waals surface area contributed by atoms with E-state index in [0.717, 1.165) is 6.42 Å². The van der Waals surface area contributed by atoms with E-state index in [1.165, 1.54) is 0 Å². The van der Waals surface area contributed by atoms with Crippen LogP contribution in [0.2, 0.25) is 0 Å². The zero-order valence-electron chi connectivity index (χ0n) is 14.7. The summed E-state index contributed by atoms with van der Waals surface area (Å²) in [6, 6.07) is -1.10. The van der Waals surface area contributed by atoms with Gasteiger partial charge in [-0.15, -0.1) is 0 Å². The summed E-state index contributed by atoms with van der Waals surface area (Å²) in [7, 11) is 0. The first kappa shape index (κ1) is 20.9. The lowest BCUT2D eigenvalue weighted by Crippen LogP contribution is -2.49. The number of esters is 2. The highest BCUT2D eigenvalue weighted by atomic mass is 16.5. The number of hydrogen-bond donors (Lipinski definition) is 2. The molecule has 6 nitrogen and oxygen atoms in total. The van der Waals surface area contributed by atoms with Crippen molar-refractivity contribution in [1.82, 2.24) is 5.32 Å². The van der Waals surface area contributed by atoms with E-state index in [4.69, 9.17) is 15.2 Å². The van der Waals surface area contributed by atoms with Gasteiger partial charge in [0.05, 0.1) is 12.7 Å². The van der Waals surface area contributed by atoms with Crippen LogP contribution in [-0.2, 0) is 19.1 Å². The number of carbonyl (C=O) groups is 2. The SMILES string of the molecule is CCOC(=O)[C@@H](N)C(CC)CN[C@H](C(=O)OC(C)C)C(C)C. The summed E-state index contributed by atoms with van der Waals surface area (Å²) >= 11 is 0. The molecule has 0 aliphatic rings. The molecular weight excluding hydrogens is 284 g/mol. The lowest BCUT2D eigenvalue weighted by atomic mass is 9.96. The third-order valence-electron chi connectivity index (χ3n) is 3.46. The van der Waals surface area contributed by atoms with Gasteiger partial charge in [-0.3, -0.25) is 9.59 Å². The van der Waals surface area contributed by atoms with Crippen LogP contribution in [0.4, 0.5) is 0 Å². The van der Waals surface area contributed by atoms with Crippen molar-refractivity contribution in [2.24, 2.45) is 17.6 Å². The Hall–Kier alpha value is -1.14. The molecule has 0 radical (unpaired) electrons.